The molecular formula is C20H20Cl2N4O2. The molecule has 2 N–H and O–H groups in total. The standard InChI is InChI=1S/C20H20Cl2N4O2/c1-11-13-3-2-7-24-18(19(13)25-28-11)14-10-26(8-6-17(14)23)20(27)12-4-5-15(21)16(22)9-12/h4-5,9H,2-3,6-8,10,23H2,1H3. The third-order valence-electron chi connectivity index (χ3n) is 5.19. The zero-order valence-electron chi connectivity index (χ0n) is 15.5. The van der Waals surface area contributed by atoms with Crippen molar-refractivity contribution in [1.29, 1.82) is 0 Å². The number of amides is 1. The lowest BCUT2D eigenvalue weighted by Gasteiger charge is -2.30. The number of carbonyl (C=O) groups excluding carboxylic acids is 1. The molecule has 2 aliphatic heterocycles. The number of benzene rings is 1. The maximum Gasteiger partial charge on any atom is 0.254 e. The molecule has 2 aliphatic rings. The maximum atomic E-state index is 13.0. The van der Waals surface area contributed by atoms with Crippen molar-refractivity contribution in [2.24, 2.45) is 10.7 Å². The lowest BCUT2D eigenvalue weighted by Crippen LogP contribution is -2.40. The number of carbonyl (C=O) groups is 1. The Labute approximate surface area is 173 Å². The molecule has 1 aromatic carbocycles. The number of aliphatic imine (C=N–C) groups is 1. The van der Waals surface area contributed by atoms with Crippen molar-refractivity contribution >= 4 is 34.8 Å². The molecule has 0 fully saturated rings. The number of halogens is 2. The number of aryl methyl sites for hydroxylation is 1. The van der Waals surface area contributed by atoms with E-state index in [-0.39, 0.29) is 5.91 Å². The summed E-state index contributed by atoms with van der Waals surface area (Å²) in [5.41, 5.74) is 11.0. The number of rotatable bonds is 2. The second-order valence-electron chi connectivity index (χ2n) is 7.01. The van der Waals surface area contributed by atoms with Crippen LogP contribution in [0.2, 0.25) is 10.0 Å². The summed E-state index contributed by atoms with van der Waals surface area (Å²) in [6, 6.07) is 4.90. The van der Waals surface area contributed by atoms with Crippen molar-refractivity contribution in [3.63, 3.8) is 0 Å². The van der Waals surface area contributed by atoms with Crippen LogP contribution < -0.4 is 5.73 Å². The first kappa shape index (κ1) is 19.0. The largest absolute Gasteiger partial charge is 0.402 e. The van der Waals surface area contributed by atoms with Gasteiger partial charge in [0.05, 0.1) is 15.8 Å². The van der Waals surface area contributed by atoms with Crippen molar-refractivity contribution < 1.29 is 9.32 Å². The van der Waals surface area contributed by atoms with E-state index in [0.29, 0.717) is 41.7 Å². The Morgan fingerprint density at radius 1 is 1.25 bits per heavy atom. The summed E-state index contributed by atoms with van der Waals surface area (Å²) >= 11 is 12.0. The van der Waals surface area contributed by atoms with E-state index in [1.54, 1.807) is 23.1 Å². The molecule has 146 valence electrons. The van der Waals surface area contributed by atoms with Crippen LogP contribution in [0.25, 0.3) is 0 Å². The van der Waals surface area contributed by atoms with Crippen LogP contribution >= 0.6 is 23.2 Å². The number of hydrogen-bond donors (Lipinski definition) is 1. The van der Waals surface area contributed by atoms with Gasteiger partial charge in [-0.2, -0.15) is 0 Å². The molecule has 28 heavy (non-hydrogen) atoms. The number of hydrogen-bond acceptors (Lipinski definition) is 5. The monoisotopic (exact) mass is 418 g/mol. The summed E-state index contributed by atoms with van der Waals surface area (Å²) in [5.74, 6) is 0.692. The highest BCUT2D eigenvalue weighted by Gasteiger charge is 2.30. The maximum absolute atomic E-state index is 13.0. The van der Waals surface area contributed by atoms with E-state index in [0.717, 1.165) is 46.8 Å². The van der Waals surface area contributed by atoms with Gasteiger partial charge in [0.25, 0.3) is 5.91 Å². The fourth-order valence-electron chi connectivity index (χ4n) is 3.62. The first-order valence-electron chi connectivity index (χ1n) is 9.18. The zero-order chi connectivity index (χ0) is 19.8. The minimum atomic E-state index is -0.116. The highest BCUT2D eigenvalue weighted by Crippen LogP contribution is 2.28. The van der Waals surface area contributed by atoms with Crippen LogP contribution in [0, 0.1) is 6.92 Å². The lowest BCUT2D eigenvalue weighted by atomic mass is 9.96. The van der Waals surface area contributed by atoms with Crippen molar-refractivity contribution in [3.8, 4) is 0 Å². The summed E-state index contributed by atoms with van der Waals surface area (Å²) in [7, 11) is 0. The quantitative estimate of drug-likeness (QED) is 0.803. The Hall–Kier alpha value is -2.31. The van der Waals surface area contributed by atoms with Gasteiger partial charge in [0.15, 0.2) is 0 Å². The van der Waals surface area contributed by atoms with Crippen LogP contribution in [-0.4, -0.2) is 41.3 Å². The van der Waals surface area contributed by atoms with Gasteiger partial charge in [-0.1, -0.05) is 28.4 Å². The number of nitrogens with two attached hydrogens (primary N) is 1. The topological polar surface area (TPSA) is 84.7 Å². The molecule has 4 rings (SSSR count). The van der Waals surface area contributed by atoms with E-state index >= 15 is 0 Å². The van der Waals surface area contributed by atoms with Gasteiger partial charge >= 0.3 is 0 Å². The summed E-state index contributed by atoms with van der Waals surface area (Å²) in [4.78, 5) is 19.5. The summed E-state index contributed by atoms with van der Waals surface area (Å²) < 4.78 is 5.40. The molecule has 0 aliphatic carbocycles. The third-order valence-corrected chi connectivity index (χ3v) is 5.93. The highest BCUT2D eigenvalue weighted by molar-refractivity contribution is 6.42. The predicted molar refractivity (Wildman–Crippen MR) is 109 cm³/mol. The molecule has 0 bridgehead atoms. The fourth-order valence-corrected chi connectivity index (χ4v) is 3.92. The molecule has 8 heteroatoms. The van der Waals surface area contributed by atoms with E-state index in [9.17, 15) is 4.79 Å². The smallest absolute Gasteiger partial charge is 0.254 e. The molecule has 0 saturated heterocycles. The number of fused-ring (bicyclic) bond motifs is 1. The van der Waals surface area contributed by atoms with Crippen molar-refractivity contribution in [1.82, 2.24) is 10.1 Å². The Bertz CT molecular complexity index is 1010. The van der Waals surface area contributed by atoms with Gasteiger partial charge < -0.3 is 15.2 Å². The first-order chi connectivity index (χ1) is 13.5. The molecule has 0 atom stereocenters. The van der Waals surface area contributed by atoms with Gasteiger partial charge in [0, 0.05) is 48.5 Å². The molecule has 2 aromatic rings. The van der Waals surface area contributed by atoms with Gasteiger partial charge in [-0.25, -0.2) is 0 Å². The number of nitrogens with zero attached hydrogens (tertiary/aromatic N) is 3. The summed E-state index contributed by atoms with van der Waals surface area (Å²) in [6.07, 6.45) is 2.38. The lowest BCUT2D eigenvalue weighted by molar-refractivity contribution is 0.0766. The van der Waals surface area contributed by atoms with Crippen LogP contribution in [0.4, 0.5) is 0 Å². The van der Waals surface area contributed by atoms with Crippen LogP contribution in [0.15, 0.2) is 39.0 Å². The Kier molecular flexibility index (Phi) is 5.17. The molecule has 0 spiro atoms. The van der Waals surface area contributed by atoms with E-state index < -0.39 is 0 Å². The second kappa shape index (κ2) is 7.60. The fraction of sp³-hybridized carbons (Fsp3) is 0.350. The Morgan fingerprint density at radius 3 is 2.86 bits per heavy atom. The summed E-state index contributed by atoms with van der Waals surface area (Å²) in [5, 5.41) is 5.00. The van der Waals surface area contributed by atoms with Gasteiger partial charge in [-0.05, 0) is 38.0 Å². The molecule has 6 nitrogen and oxygen atoms in total. The minimum Gasteiger partial charge on any atom is -0.402 e. The first-order valence-corrected chi connectivity index (χ1v) is 9.93. The van der Waals surface area contributed by atoms with E-state index in [1.807, 2.05) is 6.92 Å². The molecule has 3 heterocycles. The SMILES string of the molecule is Cc1onc2c1CCCN=C2C1=C(N)CCN(C(=O)c2ccc(Cl)c(Cl)c2)C1. The Balaban J connectivity index is 1.65. The van der Waals surface area contributed by atoms with Crippen LogP contribution in [-0.2, 0) is 6.42 Å². The van der Waals surface area contributed by atoms with Crippen molar-refractivity contribution in [2.75, 3.05) is 19.6 Å². The average Bonchev–Trinajstić information content (AvgIpc) is 2.92. The second-order valence-corrected chi connectivity index (χ2v) is 7.82. The van der Waals surface area contributed by atoms with Gasteiger partial charge in [-0.3, -0.25) is 9.79 Å². The molecule has 0 saturated carbocycles. The molecular weight excluding hydrogens is 399 g/mol. The minimum absolute atomic E-state index is 0.116. The van der Waals surface area contributed by atoms with Crippen LogP contribution in [0.5, 0.6) is 0 Å². The third kappa shape index (κ3) is 3.42. The summed E-state index contributed by atoms with van der Waals surface area (Å²) in [6.45, 7) is 3.51. The average molecular weight is 419 g/mol. The van der Waals surface area contributed by atoms with Crippen molar-refractivity contribution in [3.05, 3.63) is 62.1 Å². The molecule has 1 amide bonds. The zero-order valence-corrected chi connectivity index (χ0v) is 17.0. The predicted octanol–water partition coefficient (Wildman–Crippen LogP) is 3.78. The molecule has 1 aromatic heterocycles. The van der Waals surface area contributed by atoms with E-state index in [1.165, 1.54) is 0 Å². The van der Waals surface area contributed by atoms with Crippen molar-refractivity contribution in [2.45, 2.75) is 26.2 Å². The number of aromatic nitrogens is 1. The molecule has 0 unspecified atom stereocenters. The van der Waals surface area contributed by atoms with Crippen LogP contribution in [0.1, 0.15) is 40.2 Å². The van der Waals surface area contributed by atoms with Gasteiger partial charge in [-0.15, -0.1) is 0 Å². The highest BCUT2D eigenvalue weighted by atomic mass is 35.5. The molecule has 0 radical (unpaired) electrons. The van der Waals surface area contributed by atoms with Gasteiger partial charge in [0.1, 0.15) is 11.5 Å². The van der Waals surface area contributed by atoms with Gasteiger partial charge in [0.2, 0.25) is 0 Å². The normalized spacial score (nSPS) is 17.2. The Morgan fingerprint density at radius 2 is 2.07 bits per heavy atom. The van der Waals surface area contributed by atoms with E-state index in [4.69, 9.17) is 38.5 Å². The van der Waals surface area contributed by atoms with Crippen LogP contribution in [0.3, 0.4) is 0 Å². The van der Waals surface area contributed by atoms with E-state index in [2.05, 4.69) is 5.16 Å².